The zero-order valence-corrected chi connectivity index (χ0v) is 21.3. The maximum absolute atomic E-state index is 13.6. The zero-order chi connectivity index (χ0) is 22.0. The van der Waals surface area contributed by atoms with Gasteiger partial charge in [-0.15, -0.1) is 0 Å². The van der Waals surface area contributed by atoms with E-state index in [0.717, 1.165) is 0 Å². The molecule has 0 radical (unpaired) electrons. The third-order valence-electron chi connectivity index (χ3n) is 4.90. The van der Waals surface area contributed by atoms with Crippen molar-refractivity contribution in [1.82, 2.24) is 0 Å². The van der Waals surface area contributed by atoms with Gasteiger partial charge in [-0.25, -0.2) is 0 Å². The van der Waals surface area contributed by atoms with E-state index in [2.05, 4.69) is 39.3 Å². The fraction of sp³-hybridized carbons (Fsp3) is 0.364. The molecular formula is C22H28Cl2O3Si2. The largest absolute Gasteiger partial charge is 0.427 e. The molecule has 0 aliphatic heterocycles. The van der Waals surface area contributed by atoms with Crippen molar-refractivity contribution in [2.24, 2.45) is 0 Å². The minimum Gasteiger partial charge on any atom is -0.427 e. The number of Topliss-reactive ketones (excluding diaryl/α,β-unsaturated/α-hetero) is 1. The van der Waals surface area contributed by atoms with E-state index in [-0.39, 0.29) is 17.3 Å². The molecule has 0 aliphatic carbocycles. The lowest BCUT2D eigenvalue weighted by Gasteiger charge is -2.39. The molecule has 156 valence electrons. The van der Waals surface area contributed by atoms with Crippen molar-refractivity contribution >= 4 is 51.1 Å². The fourth-order valence-corrected chi connectivity index (χ4v) is 10.8. The second-order valence-corrected chi connectivity index (χ2v) is 21.0. The van der Waals surface area contributed by atoms with Gasteiger partial charge in [-0.05, 0) is 48.5 Å². The van der Waals surface area contributed by atoms with Crippen LogP contribution in [-0.4, -0.2) is 27.9 Å². The lowest BCUT2D eigenvalue weighted by atomic mass is 10.1. The molecule has 2 aromatic rings. The molecule has 0 amide bonds. The van der Waals surface area contributed by atoms with Crippen LogP contribution in [0.15, 0.2) is 48.5 Å². The first-order chi connectivity index (χ1) is 13.3. The highest BCUT2D eigenvalue weighted by molar-refractivity contribution is 6.88. The number of halogens is 2. The molecule has 0 spiro atoms. The van der Waals surface area contributed by atoms with Crippen LogP contribution in [-0.2, 0) is 4.79 Å². The summed E-state index contributed by atoms with van der Waals surface area (Å²) >= 11 is 11.9. The molecule has 0 aliphatic rings. The molecule has 0 fully saturated rings. The average Bonchev–Trinajstić information content (AvgIpc) is 2.59. The Morgan fingerprint density at radius 2 is 1.14 bits per heavy atom. The maximum Gasteiger partial charge on any atom is 0.311 e. The van der Waals surface area contributed by atoms with Crippen molar-refractivity contribution in [3.8, 4) is 5.75 Å². The topological polar surface area (TPSA) is 43.4 Å². The van der Waals surface area contributed by atoms with E-state index in [4.69, 9.17) is 27.9 Å². The van der Waals surface area contributed by atoms with Gasteiger partial charge < -0.3 is 4.74 Å². The first kappa shape index (κ1) is 23.9. The van der Waals surface area contributed by atoms with Crippen molar-refractivity contribution in [1.29, 1.82) is 0 Å². The van der Waals surface area contributed by atoms with Crippen molar-refractivity contribution in [3.63, 3.8) is 0 Å². The summed E-state index contributed by atoms with van der Waals surface area (Å²) in [6, 6.07) is 13.6. The smallest absolute Gasteiger partial charge is 0.311 e. The van der Waals surface area contributed by atoms with Gasteiger partial charge in [0.1, 0.15) is 5.75 Å². The Morgan fingerprint density at radius 3 is 1.55 bits per heavy atom. The van der Waals surface area contributed by atoms with Gasteiger partial charge in [0, 0.05) is 21.1 Å². The van der Waals surface area contributed by atoms with Gasteiger partial charge in [0.25, 0.3) is 0 Å². The summed E-state index contributed by atoms with van der Waals surface area (Å²) in [6.07, 6.45) is 0. The van der Waals surface area contributed by atoms with Crippen molar-refractivity contribution in [3.05, 3.63) is 64.1 Å². The second kappa shape index (κ2) is 9.17. The third kappa shape index (κ3) is 6.28. The van der Waals surface area contributed by atoms with Crippen LogP contribution < -0.4 is 4.74 Å². The van der Waals surface area contributed by atoms with Crippen LogP contribution in [0.1, 0.15) is 10.4 Å². The van der Waals surface area contributed by atoms with Crippen molar-refractivity contribution in [2.75, 3.05) is 0 Å². The molecule has 0 unspecified atom stereocenters. The quantitative estimate of drug-likeness (QED) is 0.187. The molecule has 29 heavy (non-hydrogen) atoms. The summed E-state index contributed by atoms with van der Waals surface area (Å²) in [7, 11) is -4.18. The Hall–Kier alpha value is -1.41. The molecule has 0 N–H and O–H groups in total. The summed E-state index contributed by atoms with van der Waals surface area (Å²) in [5.74, 6) is 0.110. The Kier molecular flexibility index (Phi) is 7.54. The number of hydrogen-bond acceptors (Lipinski definition) is 3. The minimum absolute atomic E-state index is 0.00122. The second-order valence-electron chi connectivity index (χ2n) is 9.43. The number of carbonyl (C=O) groups excluding carboxylic acids is 2. The van der Waals surface area contributed by atoms with Gasteiger partial charge in [-0.1, -0.05) is 62.5 Å². The van der Waals surface area contributed by atoms with Crippen molar-refractivity contribution < 1.29 is 14.3 Å². The number of ether oxygens (including phenoxy) is 1. The summed E-state index contributed by atoms with van der Waals surface area (Å²) in [6.45, 7) is 12.7. The van der Waals surface area contributed by atoms with Crippen LogP contribution in [0.4, 0.5) is 0 Å². The summed E-state index contributed by atoms with van der Waals surface area (Å²) < 4.78 is 5.73. The molecule has 0 saturated heterocycles. The van der Waals surface area contributed by atoms with Crippen LogP contribution in [0.3, 0.4) is 0 Å². The standard InChI is InChI=1S/C22H28Cl2O3Si2/c1-28(2,3)20(19(25)15-7-9-16(23)10-8-15)21(29(4,5)6)22(26)27-18-13-11-17(24)12-14-18/h7-14,20-21H,1-6H3/t20-,21+/m0/s1. The number of carbonyl (C=O) groups is 2. The predicted molar refractivity (Wildman–Crippen MR) is 127 cm³/mol. The van der Waals surface area contributed by atoms with E-state index in [1.807, 2.05) is 0 Å². The van der Waals surface area contributed by atoms with Crippen LogP contribution in [0, 0.1) is 0 Å². The van der Waals surface area contributed by atoms with Crippen molar-refractivity contribution in [2.45, 2.75) is 50.4 Å². The Balaban J connectivity index is 2.46. The van der Waals surface area contributed by atoms with E-state index < -0.39 is 21.7 Å². The molecule has 0 saturated carbocycles. The van der Waals surface area contributed by atoms with E-state index >= 15 is 0 Å². The molecule has 0 heterocycles. The normalized spacial score (nSPS) is 14.2. The van der Waals surface area contributed by atoms with Crippen LogP contribution in [0.25, 0.3) is 0 Å². The summed E-state index contributed by atoms with van der Waals surface area (Å²) in [5, 5.41) is 1.15. The summed E-state index contributed by atoms with van der Waals surface area (Å²) in [4.78, 5) is 26.9. The number of esters is 1. The molecule has 2 rings (SSSR count). The lowest BCUT2D eigenvalue weighted by molar-refractivity contribution is -0.134. The van der Waals surface area contributed by atoms with Gasteiger partial charge in [-0.2, -0.15) is 0 Å². The van der Waals surface area contributed by atoms with Gasteiger partial charge in [0.05, 0.1) is 21.7 Å². The SMILES string of the molecule is C[Si](C)(C)[C@@H](C(=O)Oc1ccc(Cl)cc1)[C@H](C(=O)c1ccc(Cl)cc1)[Si](C)(C)C. The first-order valence-corrected chi connectivity index (χ1v) is 17.5. The van der Waals surface area contributed by atoms with E-state index in [1.54, 1.807) is 48.5 Å². The van der Waals surface area contributed by atoms with Gasteiger partial charge in [-0.3, -0.25) is 9.59 Å². The van der Waals surface area contributed by atoms with Gasteiger partial charge in [0.2, 0.25) is 0 Å². The number of hydrogen-bond donors (Lipinski definition) is 0. The number of benzene rings is 2. The Morgan fingerprint density at radius 1 is 0.724 bits per heavy atom. The van der Waals surface area contributed by atoms with E-state index in [9.17, 15) is 9.59 Å². The molecular weight excluding hydrogens is 439 g/mol. The molecule has 2 atom stereocenters. The third-order valence-corrected chi connectivity index (χ3v) is 10.6. The Labute approximate surface area is 185 Å². The summed E-state index contributed by atoms with van der Waals surface area (Å²) in [5.41, 5.74) is -0.243. The van der Waals surface area contributed by atoms with Gasteiger partial charge >= 0.3 is 5.97 Å². The zero-order valence-electron chi connectivity index (χ0n) is 17.8. The van der Waals surface area contributed by atoms with Crippen LogP contribution in [0.2, 0.25) is 60.4 Å². The number of ketones is 1. The molecule has 7 heteroatoms. The highest BCUT2D eigenvalue weighted by Crippen LogP contribution is 2.44. The van der Waals surface area contributed by atoms with E-state index in [0.29, 0.717) is 21.4 Å². The highest BCUT2D eigenvalue weighted by atomic mass is 35.5. The van der Waals surface area contributed by atoms with E-state index in [1.165, 1.54) is 0 Å². The lowest BCUT2D eigenvalue weighted by Crippen LogP contribution is -2.48. The Bertz CT molecular complexity index is 867. The fourth-order valence-electron chi connectivity index (χ4n) is 3.51. The number of rotatable bonds is 7. The van der Waals surface area contributed by atoms with Crippen LogP contribution >= 0.6 is 23.2 Å². The van der Waals surface area contributed by atoms with Crippen LogP contribution in [0.5, 0.6) is 5.75 Å². The maximum atomic E-state index is 13.6. The first-order valence-electron chi connectivity index (χ1n) is 9.58. The molecule has 0 bridgehead atoms. The molecule has 0 aromatic heterocycles. The minimum atomic E-state index is -2.11. The highest BCUT2D eigenvalue weighted by Gasteiger charge is 2.49. The predicted octanol–water partition coefficient (Wildman–Crippen LogP) is 7.20. The van der Waals surface area contributed by atoms with Gasteiger partial charge in [0.15, 0.2) is 5.78 Å². The average molecular weight is 468 g/mol. The molecule has 3 nitrogen and oxygen atoms in total. The monoisotopic (exact) mass is 466 g/mol. The molecule has 2 aromatic carbocycles.